The van der Waals surface area contributed by atoms with Crippen molar-refractivity contribution in [2.45, 2.75) is 19.4 Å². The maximum absolute atomic E-state index is 13.5. The molecule has 1 amide bonds. The first-order valence-corrected chi connectivity index (χ1v) is 5.95. The number of rotatable bonds is 3. The van der Waals surface area contributed by atoms with Crippen molar-refractivity contribution >= 4 is 11.9 Å². The molecule has 0 saturated heterocycles. The second-order valence-electron chi connectivity index (χ2n) is 4.63. The van der Waals surface area contributed by atoms with Gasteiger partial charge in [-0.3, -0.25) is 9.59 Å². The minimum absolute atomic E-state index is 0.0211. The van der Waals surface area contributed by atoms with Crippen LogP contribution in [-0.4, -0.2) is 23.0 Å². The molecule has 4 nitrogen and oxygen atoms in total. The predicted molar refractivity (Wildman–Crippen MR) is 67.3 cm³/mol. The number of carboxylic acid groups (broad SMARTS) is 1. The molecule has 1 aliphatic carbocycles. The number of halogens is 1. The van der Waals surface area contributed by atoms with Gasteiger partial charge in [0.2, 0.25) is 0 Å². The third kappa shape index (κ3) is 2.99. The normalized spacial score (nSPS) is 21.4. The number of carbonyl (C=O) groups is 2. The van der Waals surface area contributed by atoms with E-state index in [1.807, 2.05) is 0 Å². The number of carbonyl (C=O) groups excluding carboxylic acids is 1. The zero-order chi connectivity index (χ0) is 14.0. The lowest BCUT2D eigenvalue weighted by Crippen LogP contribution is -2.33. The highest BCUT2D eigenvalue weighted by Gasteiger charge is 2.26. The summed E-state index contributed by atoms with van der Waals surface area (Å²) in [6, 6.07) is 3.93. The Morgan fingerprint density at radius 2 is 2.11 bits per heavy atom. The molecule has 1 aromatic rings. The van der Waals surface area contributed by atoms with E-state index in [0.29, 0.717) is 6.42 Å². The van der Waals surface area contributed by atoms with E-state index in [1.165, 1.54) is 12.1 Å². The number of hydrogen-bond acceptors (Lipinski definition) is 2. The average molecular weight is 263 g/mol. The highest BCUT2D eigenvalue weighted by Crippen LogP contribution is 2.19. The second-order valence-corrected chi connectivity index (χ2v) is 4.63. The van der Waals surface area contributed by atoms with E-state index in [9.17, 15) is 14.0 Å². The van der Waals surface area contributed by atoms with E-state index >= 15 is 0 Å². The summed E-state index contributed by atoms with van der Waals surface area (Å²) in [5.41, 5.74) is 0.768. The highest BCUT2D eigenvalue weighted by atomic mass is 19.1. The summed E-state index contributed by atoms with van der Waals surface area (Å²) >= 11 is 0. The fraction of sp³-hybridized carbons (Fsp3) is 0.286. The van der Waals surface area contributed by atoms with E-state index in [0.717, 1.165) is 5.56 Å². The minimum atomic E-state index is -0.922. The first-order chi connectivity index (χ1) is 8.97. The molecule has 1 aromatic carbocycles. The van der Waals surface area contributed by atoms with Crippen LogP contribution in [0.25, 0.3) is 0 Å². The number of hydrogen-bond donors (Lipinski definition) is 2. The van der Waals surface area contributed by atoms with E-state index in [1.54, 1.807) is 25.1 Å². The third-order valence-electron chi connectivity index (χ3n) is 3.08. The summed E-state index contributed by atoms with van der Waals surface area (Å²) in [6.07, 6.45) is 3.47. The lowest BCUT2D eigenvalue weighted by Gasteiger charge is -2.12. The zero-order valence-electron chi connectivity index (χ0n) is 10.4. The Labute approximate surface area is 109 Å². The summed E-state index contributed by atoms with van der Waals surface area (Å²) in [6.45, 7) is 1.77. The van der Waals surface area contributed by atoms with Crippen LogP contribution in [0.15, 0.2) is 30.4 Å². The van der Waals surface area contributed by atoms with Crippen molar-refractivity contribution in [2.24, 2.45) is 5.92 Å². The van der Waals surface area contributed by atoms with Crippen molar-refractivity contribution in [2.75, 3.05) is 0 Å². The molecule has 100 valence electrons. The number of amides is 1. The molecule has 0 bridgehead atoms. The zero-order valence-corrected chi connectivity index (χ0v) is 10.4. The Kier molecular flexibility index (Phi) is 3.64. The molecule has 0 radical (unpaired) electrons. The molecular formula is C14H14FNO3. The first-order valence-electron chi connectivity index (χ1n) is 5.95. The fourth-order valence-corrected chi connectivity index (χ4v) is 2.05. The van der Waals surface area contributed by atoms with Gasteiger partial charge >= 0.3 is 5.97 Å². The van der Waals surface area contributed by atoms with Gasteiger partial charge in [0.1, 0.15) is 5.82 Å². The van der Waals surface area contributed by atoms with Crippen LogP contribution in [-0.2, 0) is 4.79 Å². The molecule has 2 unspecified atom stereocenters. The first kappa shape index (κ1) is 13.3. The van der Waals surface area contributed by atoms with Crippen LogP contribution in [0.1, 0.15) is 22.3 Å². The molecule has 0 saturated carbocycles. The molecule has 1 aliphatic rings. The van der Waals surface area contributed by atoms with Crippen LogP contribution in [0.3, 0.4) is 0 Å². The molecule has 0 fully saturated rings. The van der Waals surface area contributed by atoms with Crippen molar-refractivity contribution in [1.29, 1.82) is 0 Å². The van der Waals surface area contributed by atoms with Gasteiger partial charge in [-0.05, 0) is 25.5 Å². The lowest BCUT2D eigenvalue weighted by atomic mass is 10.1. The molecule has 0 aliphatic heterocycles. The second kappa shape index (κ2) is 5.22. The van der Waals surface area contributed by atoms with Crippen LogP contribution in [0.2, 0.25) is 0 Å². The van der Waals surface area contributed by atoms with Crippen LogP contribution in [0, 0.1) is 18.7 Å². The van der Waals surface area contributed by atoms with Crippen LogP contribution >= 0.6 is 0 Å². The maximum Gasteiger partial charge on any atom is 0.310 e. The standard InChI is InChI=1S/C14H14FNO3/c1-8-2-5-12(15)11(6-8)13(17)16-10-4-3-9(7-10)14(18)19/h2-6,9-10H,7H2,1H3,(H,16,17)(H,18,19). The molecule has 0 heterocycles. The van der Waals surface area contributed by atoms with E-state index in [-0.39, 0.29) is 11.6 Å². The van der Waals surface area contributed by atoms with Gasteiger partial charge in [-0.2, -0.15) is 0 Å². The van der Waals surface area contributed by atoms with Gasteiger partial charge < -0.3 is 10.4 Å². The van der Waals surface area contributed by atoms with Crippen LogP contribution < -0.4 is 5.32 Å². The van der Waals surface area contributed by atoms with E-state index < -0.39 is 23.6 Å². The van der Waals surface area contributed by atoms with Gasteiger partial charge in [0, 0.05) is 6.04 Å². The SMILES string of the molecule is Cc1ccc(F)c(C(=O)NC2C=CC(C(=O)O)C2)c1. The maximum atomic E-state index is 13.5. The van der Waals surface area contributed by atoms with Gasteiger partial charge in [0.05, 0.1) is 11.5 Å². The Morgan fingerprint density at radius 1 is 1.37 bits per heavy atom. The quantitative estimate of drug-likeness (QED) is 0.818. The Morgan fingerprint density at radius 3 is 2.74 bits per heavy atom. The monoisotopic (exact) mass is 263 g/mol. The number of benzene rings is 1. The van der Waals surface area contributed by atoms with E-state index in [2.05, 4.69) is 5.32 Å². The van der Waals surface area contributed by atoms with Crippen molar-refractivity contribution in [3.05, 3.63) is 47.3 Å². The smallest absolute Gasteiger partial charge is 0.310 e. The van der Waals surface area contributed by atoms with Crippen LogP contribution in [0.4, 0.5) is 4.39 Å². The van der Waals surface area contributed by atoms with E-state index in [4.69, 9.17) is 5.11 Å². The minimum Gasteiger partial charge on any atom is -0.481 e. The summed E-state index contributed by atoms with van der Waals surface area (Å²) in [7, 11) is 0. The number of aliphatic carboxylic acids is 1. The Bertz CT molecular complexity index is 554. The molecule has 0 spiro atoms. The molecule has 2 atom stereocenters. The summed E-state index contributed by atoms with van der Waals surface area (Å²) in [5, 5.41) is 11.5. The highest BCUT2D eigenvalue weighted by molar-refractivity contribution is 5.95. The molecule has 5 heteroatoms. The molecule has 2 rings (SSSR count). The Balaban J connectivity index is 2.05. The van der Waals surface area contributed by atoms with Gasteiger partial charge in [-0.1, -0.05) is 23.8 Å². The van der Waals surface area contributed by atoms with Crippen molar-refractivity contribution in [3.63, 3.8) is 0 Å². The topological polar surface area (TPSA) is 66.4 Å². The van der Waals surface area contributed by atoms with Gasteiger partial charge in [0.15, 0.2) is 0 Å². The average Bonchev–Trinajstić information content (AvgIpc) is 2.80. The van der Waals surface area contributed by atoms with Crippen molar-refractivity contribution in [3.8, 4) is 0 Å². The third-order valence-corrected chi connectivity index (χ3v) is 3.08. The molecule has 0 aromatic heterocycles. The Hall–Kier alpha value is -2.17. The summed E-state index contributed by atoms with van der Waals surface area (Å²) < 4.78 is 13.5. The van der Waals surface area contributed by atoms with Crippen LogP contribution in [0.5, 0.6) is 0 Å². The van der Waals surface area contributed by atoms with Gasteiger partial charge in [-0.25, -0.2) is 4.39 Å². The molecule has 19 heavy (non-hydrogen) atoms. The number of nitrogens with one attached hydrogen (secondary N) is 1. The van der Waals surface area contributed by atoms with Gasteiger partial charge in [0.25, 0.3) is 5.91 Å². The largest absolute Gasteiger partial charge is 0.481 e. The fourth-order valence-electron chi connectivity index (χ4n) is 2.05. The van der Waals surface area contributed by atoms with Gasteiger partial charge in [-0.15, -0.1) is 0 Å². The van der Waals surface area contributed by atoms with Crippen molar-refractivity contribution in [1.82, 2.24) is 5.32 Å². The number of carboxylic acids is 1. The summed E-state index contributed by atoms with van der Waals surface area (Å²) in [5.74, 6) is -2.62. The molecule has 2 N–H and O–H groups in total. The predicted octanol–water partition coefficient (Wildman–Crippen LogP) is 1.89. The number of aryl methyl sites for hydroxylation is 1. The summed E-state index contributed by atoms with van der Waals surface area (Å²) in [4.78, 5) is 22.7. The van der Waals surface area contributed by atoms with Crippen molar-refractivity contribution < 1.29 is 19.1 Å². The molecular weight excluding hydrogens is 249 g/mol. The lowest BCUT2D eigenvalue weighted by molar-refractivity contribution is -0.140.